The fraction of sp³-hybridized carbons (Fsp3) is 0.800. The van der Waals surface area contributed by atoms with Gasteiger partial charge in [-0.3, -0.25) is 4.79 Å². The van der Waals surface area contributed by atoms with Gasteiger partial charge in [0.1, 0.15) is 5.78 Å². The summed E-state index contributed by atoms with van der Waals surface area (Å²) in [6.07, 6.45) is -5.71. The molecular formula is C5H7F3OS. The molecule has 0 saturated carbocycles. The number of alkyl halides is 3. The average molecular weight is 172 g/mol. The molecule has 0 aromatic carbocycles. The van der Waals surface area contributed by atoms with Crippen molar-refractivity contribution in [2.45, 2.75) is 19.0 Å². The van der Waals surface area contributed by atoms with Crippen LogP contribution in [0.4, 0.5) is 13.2 Å². The van der Waals surface area contributed by atoms with Gasteiger partial charge in [0.05, 0.1) is 6.42 Å². The summed E-state index contributed by atoms with van der Waals surface area (Å²) in [5.41, 5.74) is 0. The summed E-state index contributed by atoms with van der Waals surface area (Å²) in [7, 11) is 0. The second-order valence-corrected chi connectivity index (χ2v) is 2.13. The van der Waals surface area contributed by atoms with Crippen LogP contribution >= 0.6 is 12.6 Å². The van der Waals surface area contributed by atoms with Crippen molar-refractivity contribution in [3.05, 3.63) is 0 Å². The highest BCUT2D eigenvalue weighted by atomic mass is 32.1. The van der Waals surface area contributed by atoms with Crippen molar-refractivity contribution in [3.8, 4) is 0 Å². The molecule has 5 heteroatoms. The molecule has 0 aliphatic heterocycles. The van der Waals surface area contributed by atoms with Crippen LogP contribution < -0.4 is 0 Å². The molecule has 0 aliphatic rings. The summed E-state index contributed by atoms with van der Waals surface area (Å²) in [6, 6.07) is 0. The fourth-order valence-electron chi connectivity index (χ4n) is 0.360. The molecule has 0 atom stereocenters. The Morgan fingerprint density at radius 2 is 1.90 bits per heavy atom. The van der Waals surface area contributed by atoms with E-state index in [-0.39, 0.29) is 5.75 Å². The molecule has 0 N–H and O–H groups in total. The minimum Gasteiger partial charge on any atom is -0.299 e. The number of ketones is 1. The molecule has 0 aromatic heterocycles. The zero-order valence-electron chi connectivity index (χ0n) is 5.11. The Bertz CT molecular complexity index is 121. The first kappa shape index (κ1) is 9.81. The zero-order valence-corrected chi connectivity index (χ0v) is 6.01. The summed E-state index contributed by atoms with van der Waals surface area (Å²) in [4.78, 5) is 10.3. The number of rotatable bonds is 3. The van der Waals surface area contributed by atoms with Crippen LogP contribution in [0.5, 0.6) is 0 Å². The van der Waals surface area contributed by atoms with Crippen molar-refractivity contribution in [1.29, 1.82) is 0 Å². The van der Waals surface area contributed by atoms with Gasteiger partial charge in [-0.05, 0) is 0 Å². The molecule has 0 amide bonds. The van der Waals surface area contributed by atoms with Crippen molar-refractivity contribution < 1.29 is 18.0 Å². The standard InChI is InChI=1S/C5H7F3OS/c6-5(7,8)2-1-4(9)3-10/h10H,1-3H2. The molecule has 0 aromatic rings. The van der Waals surface area contributed by atoms with Gasteiger partial charge in [0.15, 0.2) is 0 Å². The molecule has 60 valence electrons. The summed E-state index contributed by atoms with van der Waals surface area (Å²) in [5, 5.41) is 0. The van der Waals surface area contributed by atoms with Gasteiger partial charge in [-0.2, -0.15) is 25.8 Å². The van der Waals surface area contributed by atoms with Crippen molar-refractivity contribution >= 4 is 18.4 Å². The Morgan fingerprint density at radius 1 is 1.40 bits per heavy atom. The Balaban J connectivity index is 3.46. The topological polar surface area (TPSA) is 17.1 Å². The third-order valence-corrected chi connectivity index (χ3v) is 1.22. The predicted molar refractivity (Wildman–Crippen MR) is 34.1 cm³/mol. The van der Waals surface area contributed by atoms with Crippen molar-refractivity contribution in [1.82, 2.24) is 0 Å². The lowest BCUT2D eigenvalue weighted by Gasteiger charge is -2.02. The maximum Gasteiger partial charge on any atom is 0.389 e. The normalized spacial score (nSPS) is 11.6. The maximum absolute atomic E-state index is 11.4. The lowest BCUT2D eigenvalue weighted by Crippen LogP contribution is -2.11. The van der Waals surface area contributed by atoms with Crippen LogP contribution in [-0.2, 0) is 4.79 Å². The Morgan fingerprint density at radius 3 is 2.20 bits per heavy atom. The van der Waals surface area contributed by atoms with Crippen LogP contribution in [0.15, 0.2) is 0 Å². The monoisotopic (exact) mass is 172 g/mol. The highest BCUT2D eigenvalue weighted by molar-refractivity contribution is 7.81. The van der Waals surface area contributed by atoms with Crippen LogP contribution in [0.3, 0.4) is 0 Å². The van der Waals surface area contributed by atoms with E-state index in [1.807, 2.05) is 0 Å². The van der Waals surface area contributed by atoms with E-state index >= 15 is 0 Å². The highest BCUT2D eigenvalue weighted by Gasteiger charge is 2.27. The summed E-state index contributed by atoms with van der Waals surface area (Å²) >= 11 is 3.53. The van der Waals surface area contributed by atoms with E-state index in [2.05, 4.69) is 12.6 Å². The van der Waals surface area contributed by atoms with Crippen molar-refractivity contribution in [2.75, 3.05) is 5.75 Å². The molecule has 0 heterocycles. The highest BCUT2D eigenvalue weighted by Crippen LogP contribution is 2.21. The first-order valence-electron chi connectivity index (χ1n) is 2.65. The summed E-state index contributed by atoms with van der Waals surface area (Å²) < 4.78 is 34.1. The molecule has 0 fully saturated rings. The maximum atomic E-state index is 11.4. The smallest absolute Gasteiger partial charge is 0.299 e. The molecule has 0 saturated heterocycles. The molecular weight excluding hydrogens is 165 g/mol. The zero-order chi connectivity index (χ0) is 8.20. The van der Waals surface area contributed by atoms with Crippen LogP contribution in [0.25, 0.3) is 0 Å². The second-order valence-electron chi connectivity index (χ2n) is 1.81. The number of Topliss-reactive ketones (excluding diaryl/α,β-unsaturated/α-hetero) is 1. The Labute approximate surface area is 62.0 Å². The van der Waals surface area contributed by atoms with Gasteiger partial charge in [0.25, 0.3) is 0 Å². The number of carbonyl (C=O) groups is 1. The van der Waals surface area contributed by atoms with Crippen LogP contribution in [0.2, 0.25) is 0 Å². The third kappa shape index (κ3) is 5.94. The van der Waals surface area contributed by atoms with Gasteiger partial charge < -0.3 is 0 Å². The number of hydrogen-bond acceptors (Lipinski definition) is 2. The predicted octanol–water partition coefficient (Wildman–Crippen LogP) is 1.83. The number of carbonyl (C=O) groups excluding carboxylic acids is 1. The molecule has 1 nitrogen and oxygen atoms in total. The fourth-order valence-corrected chi connectivity index (χ4v) is 0.518. The van der Waals surface area contributed by atoms with Crippen molar-refractivity contribution in [3.63, 3.8) is 0 Å². The van der Waals surface area contributed by atoms with E-state index in [1.165, 1.54) is 0 Å². The summed E-state index contributed by atoms with van der Waals surface area (Å²) in [6.45, 7) is 0. The summed E-state index contributed by atoms with van der Waals surface area (Å²) in [5.74, 6) is -0.587. The largest absolute Gasteiger partial charge is 0.389 e. The number of halogens is 3. The van der Waals surface area contributed by atoms with E-state index in [0.29, 0.717) is 0 Å². The number of thiol groups is 1. The van der Waals surface area contributed by atoms with Crippen molar-refractivity contribution in [2.24, 2.45) is 0 Å². The molecule has 0 aliphatic carbocycles. The molecule has 0 bridgehead atoms. The Kier molecular flexibility index (Phi) is 3.78. The first-order chi connectivity index (χ1) is 4.45. The van der Waals surface area contributed by atoms with E-state index in [9.17, 15) is 18.0 Å². The van der Waals surface area contributed by atoms with Crippen LogP contribution in [-0.4, -0.2) is 17.7 Å². The molecule has 10 heavy (non-hydrogen) atoms. The third-order valence-electron chi connectivity index (χ3n) is 0.864. The van der Waals surface area contributed by atoms with Crippen LogP contribution in [0, 0.1) is 0 Å². The quantitative estimate of drug-likeness (QED) is 0.642. The van der Waals surface area contributed by atoms with Gasteiger partial charge in [0.2, 0.25) is 0 Å². The molecule has 0 radical (unpaired) electrons. The minimum absolute atomic E-state index is 0.115. The molecule has 0 spiro atoms. The van der Waals surface area contributed by atoms with Crippen LogP contribution in [0.1, 0.15) is 12.8 Å². The molecule has 0 rings (SSSR count). The van der Waals surface area contributed by atoms with Gasteiger partial charge in [0, 0.05) is 12.2 Å². The van der Waals surface area contributed by atoms with E-state index in [1.54, 1.807) is 0 Å². The Hall–Kier alpha value is -0.190. The van der Waals surface area contributed by atoms with Gasteiger partial charge in [-0.15, -0.1) is 0 Å². The van der Waals surface area contributed by atoms with Gasteiger partial charge in [-0.25, -0.2) is 0 Å². The van der Waals surface area contributed by atoms with E-state index in [0.717, 1.165) is 0 Å². The van der Waals surface area contributed by atoms with E-state index < -0.39 is 24.8 Å². The average Bonchev–Trinajstić information content (AvgIpc) is 1.81. The first-order valence-corrected chi connectivity index (χ1v) is 3.28. The lowest BCUT2D eigenvalue weighted by molar-refractivity contribution is -0.142. The van der Waals surface area contributed by atoms with Gasteiger partial charge >= 0.3 is 6.18 Å². The molecule has 0 unspecified atom stereocenters. The minimum atomic E-state index is -4.22. The number of hydrogen-bond donors (Lipinski definition) is 1. The van der Waals surface area contributed by atoms with E-state index in [4.69, 9.17) is 0 Å². The van der Waals surface area contributed by atoms with Gasteiger partial charge in [-0.1, -0.05) is 0 Å². The SMILES string of the molecule is O=C(CS)CCC(F)(F)F. The lowest BCUT2D eigenvalue weighted by atomic mass is 10.2. The second kappa shape index (κ2) is 3.85.